The third-order valence-electron chi connectivity index (χ3n) is 4.52. The molecule has 0 saturated carbocycles. The zero-order valence-corrected chi connectivity index (χ0v) is 15.2. The largest absolute Gasteiger partial charge is 0.292 e. The highest BCUT2D eigenvalue weighted by Crippen LogP contribution is 2.30. The molecule has 3 aromatic rings. The van der Waals surface area contributed by atoms with Gasteiger partial charge in [0.1, 0.15) is 5.75 Å². The summed E-state index contributed by atoms with van der Waals surface area (Å²) >= 11 is 0. The predicted octanol–water partition coefficient (Wildman–Crippen LogP) is 3.21. The van der Waals surface area contributed by atoms with Crippen molar-refractivity contribution in [1.29, 1.82) is 0 Å². The molecular formula is C20H15NO5S. The molecule has 1 aliphatic rings. The summed E-state index contributed by atoms with van der Waals surface area (Å²) in [7, 11) is -4.21. The van der Waals surface area contributed by atoms with Crippen molar-refractivity contribution in [3.63, 3.8) is 0 Å². The Bertz CT molecular complexity index is 1150. The van der Waals surface area contributed by atoms with E-state index in [1.54, 1.807) is 67.6 Å². The highest BCUT2D eigenvalue weighted by molar-refractivity contribution is 7.85. The van der Waals surface area contributed by atoms with Crippen LogP contribution >= 0.6 is 0 Å². The molecule has 0 fully saturated rings. The van der Waals surface area contributed by atoms with Gasteiger partial charge in [0.15, 0.2) is 0 Å². The van der Waals surface area contributed by atoms with Gasteiger partial charge in [0.25, 0.3) is 21.9 Å². The van der Waals surface area contributed by atoms with Gasteiger partial charge in [-0.2, -0.15) is 8.42 Å². The Labute approximate surface area is 156 Å². The second-order valence-electron chi connectivity index (χ2n) is 6.32. The Morgan fingerprint density at radius 3 is 2.04 bits per heavy atom. The van der Waals surface area contributed by atoms with Gasteiger partial charge < -0.3 is 0 Å². The van der Waals surface area contributed by atoms with Crippen molar-refractivity contribution in [1.82, 2.24) is 5.06 Å². The normalized spacial score (nSPS) is 14.0. The SMILES string of the molecule is Cc1ccccc1CS(=O)(=O)ON1C(=O)c2cccc3cccc(c23)C1=O. The summed E-state index contributed by atoms with van der Waals surface area (Å²) in [5.41, 5.74) is 1.77. The van der Waals surface area contributed by atoms with Crippen LogP contribution in [0.5, 0.6) is 0 Å². The van der Waals surface area contributed by atoms with E-state index in [4.69, 9.17) is 4.28 Å². The summed E-state index contributed by atoms with van der Waals surface area (Å²) in [6.45, 7) is 1.78. The van der Waals surface area contributed by atoms with Crippen molar-refractivity contribution >= 4 is 32.7 Å². The number of carbonyl (C=O) groups excluding carboxylic acids is 2. The Hall–Kier alpha value is -3.03. The number of hydroxylamine groups is 2. The van der Waals surface area contributed by atoms with E-state index in [-0.39, 0.29) is 11.1 Å². The minimum Gasteiger partial charge on any atom is -0.266 e. The van der Waals surface area contributed by atoms with Crippen LogP contribution in [0, 0.1) is 6.92 Å². The van der Waals surface area contributed by atoms with Crippen LogP contribution in [0.4, 0.5) is 0 Å². The zero-order chi connectivity index (χ0) is 19.2. The van der Waals surface area contributed by atoms with Gasteiger partial charge >= 0.3 is 0 Å². The maximum absolute atomic E-state index is 12.7. The number of hydrogen-bond acceptors (Lipinski definition) is 5. The molecule has 0 aliphatic carbocycles. The van der Waals surface area contributed by atoms with Crippen molar-refractivity contribution in [2.45, 2.75) is 12.7 Å². The highest BCUT2D eigenvalue weighted by atomic mass is 32.2. The zero-order valence-electron chi connectivity index (χ0n) is 14.4. The van der Waals surface area contributed by atoms with Crippen molar-refractivity contribution in [2.75, 3.05) is 0 Å². The number of hydrogen-bond donors (Lipinski definition) is 0. The Kier molecular flexibility index (Phi) is 4.05. The molecule has 0 radical (unpaired) electrons. The number of amides is 2. The van der Waals surface area contributed by atoms with Crippen LogP contribution in [-0.2, 0) is 20.2 Å². The number of carbonyl (C=O) groups is 2. The first-order valence-corrected chi connectivity index (χ1v) is 9.82. The minimum absolute atomic E-state index is 0.230. The lowest BCUT2D eigenvalue weighted by molar-refractivity contribution is -0.0156. The van der Waals surface area contributed by atoms with Gasteiger partial charge in [0, 0.05) is 5.39 Å². The smallest absolute Gasteiger partial charge is 0.266 e. The first-order chi connectivity index (χ1) is 12.9. The van der Waals surface area contributed by atoms with Crippen molar-refractivity contribution in [2.24, 2.45) is 0 Å². The molecule has 0 bridgehead atoms. The summed E-state index contributed by atoms with van der Waals surface area (Å²) in [5.74, 6) is -2.03. The van der Waals surface area contributed by atoms with Crippen molar-refractivity contribution in [3.8, 4) is 0 Å². The number of aryl methyl sites for hydroxylation is 1. The molecule has 1 heterocycles. The molecule has 2 amide bonds. The second-order valence-corrected chi connectivity index (χ2v) is 7.87. The van der Waals surface area contributed by atoms with Gasteiger partial charge in [0.2, 0.25) is 0 Å². The first-order valence-electron chi connectivity index (χ1n) is 8.25. The molecule has 6 nitrogen and oxygen atoms in total. The average Bonchev–Trinajstić information content (AvgIpc) is 2.65. The second kappa shape index (κ2) is 6.29. The lowest BCUT2D eigenvalue weighted by atomic mass is 9.95. The third kappa shape index (κ3) is 3.01. The summed E-state index contributed by atoms with van der Waals surface area (Å²) in [4.78, 5) is 25.5. The standard InChI is InChI=1S/C20H15NO5S/c1-13-6-2-3-7-15(13)12-27(24,25)26-21-19(22)16-10-4-8-14-9-5-11-17(18(14)16)20(21)23/h2-11H,12H2,1H3. The van der Waals surface area contributed by atoms with Crippen LogP contribution in [0.2, 0.25) is 0 Å². The van der Waals surface area contributed by atoms with Crippen LogP contribution in [0.25, 0.3) is 10.8 Å². The molecule has 0 N–H and O–H groups in total. The molecule has 4 rings (SSSR count). The average molecular weight is 381 g/mol. The van der Waals surface area contributed by atoms with Gasteiger partial charge in [-0.05, 0) is 35.6 Å². The fourth-order valence-electron chi connectivity index (χ4n) is 3.18. The fourth-order valence-corrected chi connectivity index (χ4v) is 4.30. The maximum Gasteiger partial charge on any atom is 0.292 e. The first kappa shape index (κ1) is 17.4. The molecule has 0 aromatic heterocycles. The van der Waals surface area contributed by atoms with Crippen LogP contribution in [0.15, 0.2) is 60.7 Å². The molecule has 3 aromatic carbocycles. The number of benzene rings is 3. The van der Waals surface area contributed by atoms with Gasteiger partial charge in [-0.25, -0.2) is 0 Å². The molecule has 0 saturated heterocycles. The lowest BCUT2D eigenvalue weighted by Gasteiger charge is -2.25. The van der Waals surface area contributed by atoms with E-state index >= 15 is 0 Å². The molecular weight excluding hydrogens is 366 g/mol. The summed E-state index contributed by atoms with van der Waals surface area (Å²) in [5, 5.41) is 1.57. The Morgan fingerprint density at radius 2 is 1.44 bits per heavy atom. The van der Waals surface area contributed by atoms with E-state index in [1.807, 2.05) is 0 Å². The molecule has 0 spiro atoms. The summed E-state index contributed by atoms with van der Waals surface area (Å²) in [6.07, 6.45) is 0. The van der Waals surface area contributed by atoms with Crippen LogP contribution in [-0.4, -0.2) is 25.3 Å². The molecule has 7 heteroatoms. The molecule has 0 atom stereocenters. The van der Waals surface area contributed by atoms with E-state index in [9.17, 15) is 18.0 Å². The van der Waals surface area contributed by atoms with Crippen LogP contribution in [0.3, 0.4) is 0 Å². The fraction of sp³-hybridized carbons (Fsp3) is 0.100. The lowest BCUT2D eigenvalue weighted by Crippen LogP contribution is -2.42. The number of imide groups is 1. The van der Waals surface area contributed by atoms with Crippen LogP contribution in [0.1, 0.15) is 31.8 Å². The monoisotopic (exact) mass is 381 g/mol. The van der Waals surface area contributed by atoms with E-state index in [1.165, 1.54) is 0 Å². The third-order valence-corrected chi connectivity index (χ3v) is 5.56. The Morgan fingerprint density at radius 1 is 0.852 bits per heavy atom. The summed E-state index contributed by atoms with van der Waals surface area (Å²) in [6, 6.07) is 17.0. The van der Waals surface area contributed by atoms with Gasteiger partial charge in [-0.3, -0.25) is 9.59 Å². The van der Waals surface area contributed by atoms with Gasteiger partial charge in [0.05, 0.1) is 11.1 Å². The van der Waals surface area contributed by atoms with E-state index in [2.05, 4.69) is 0 Å². The number of nitrogens with zero attached hydrogens (tertiary/aromatic N) is 1. The number of rotatable bonds is 4. The van der Waals surface area contributed by atoms with E-state index in [0.29, 0.717) is 16.0 Å². The van der Waals surface area contributed by atoms with Crippen molar-refractivity contribution in [3.05, 3.63) is 82.9 Å². The maximum atomic E-state index is 12.7. The molecule has 1 aliphatic heterocycles. The molecule has 27 heavy (non-hydrogen) atoms. The summed E-state index contributed by atoms with van der Waals surface area (Å²) < 4.78 is 30.0. The van der Waals surface area contributed by atoms with Gasteiger partial charge in [-0.1, -0.05) is 48.5 Å². The molecule has 0 unspecified atom stereocenters. The molecule has 136 valence electrons. The highest BCUT2D eigenvalue weighted by Gasteiger charge is 2.37. The van der Waals surface area contributed by atoms with Crippen LogP contribution < -0.4 is 0 Å². The predicted molar refractivity (Wildman–Crippen MR) is 99.3 cm³/mol. The van der Waals surface area contributed by atoms with Gasteiger partial charge in [-0.15, -0.1) is 9.35 Å². The quantitative estimate of drug-likeness (QED) is 0.648. The van der Waals surface area contributed by atoms with E-state index < -0.39 is 27.7 Å². The topological polar surface area (TPSA) is 80.8 Å². The Balaban J connectivity index is 1.70. The van der Waals surface area contributed by atoms with E-state index in [0.717, 1.165) is 10.9 Å². The van der Waals surface area contributed by atoms with Crippen molar-refractivity contribution < 1.29 is 22.3 Å². The minimum atomic E-state index is -4.21.